The average Bonchev–Trinajstić information content (AvgIpc) is 3.35. The number of amides is 1. The molecule has 1 N–H and O–H groups in total. The van der Waals surface area contributed by atoms with Gasteiger partial charge in [-0.15, -0.1) is 0 Å². The van der Waals surface area contributed by atoms with Crippen molar-refractivity contribution in [1.82, 2.24) is 4.90 Å². The maximum atomic E-state index is 12.2. The van der Waals surface area contributed by atoms with Crippen LogP contribution in [0.3, 0.4) is 0 Å². The summed E-state index contributed by atoms with van der Waals surface area (Å²) in [6, 6.07) is 9.74. The summed E-state index contributed by atoms with van der Waals surface area (Å²) < 4.78 is 5.40. The third-order valence-electron chi connectivity index (χ3n) is 4.88. The van der Waals surface area contributed by atoms with Crippen LogP contribution >= 0.6 is 0 Å². The molecule has 1 saturated heterocycles. The summed E-state index contributed by atoms with van der Waals surface area (Å²) in [4.78, 5) is 14.0. The van der Waals surface area contributed by atoms with Gasteiger partial charge in [-0.3, -0.25) is 0 Å². The molecule has 0 radical (unpaired) electrons. The van der Waals surface area contributed by atoms with E-state index in [2.05, 4.69) is 0 Å². The molecular weight excluding hydrogens is 278 g/mol. The van der Waals surface area contributed by atoms with E-state index < -0.39 is 5.60 Å². The van der Waals surface area contributed by atoms with E-state index in [9.17, 15) is 9.90 Å². The summed E-state index contributed by atoms with van der Waals surface area (Å²) in [6.45, 7) is 1.69. The van der Waals surface area contributed by atoms with Gasteiger partial charge >= 0.3 is 6.09 Å². The highest BCUT2D eigenvalue weighted by Gasteiger charge is 2.43. The number of aliphatic hydroxyl groups is 1. The van der Waals surface area contributed by atoms with Crippen LogP contribution < -0.4 is 0 Å². The van der Waals surface area contributed by atoms with Crippen molar-refractivity contribution in [3.05, 3.63) is 35.9 Å². The van der Waals surface area contributed by atoms with Crippen molar-refractivity contribution >= 4 is 6.09 Å². The van der Waals surface area contributed by atoms with Crippen molar-refractivity contribution < 1.29 is 14.6 Å². The van der Waals surface area contributed by atoms with Crippen LogP contribution in [0.4, 0.5) is 4.79 Å². The van der Waals surface area contributed by atoms with Crippen LogP contribution in [-0.2, 0) is 11.3 Å². The lowest BCUT2D eigenvalue weighted by molar-refractivity contribution is -0.0144. The Bertz CT molecular complexity index is 488. The Morgan fingerprint density at radius 3 is 2.41 bits per heavy atom. The van der Waals surface area contributed by atoms with E-state index in [4.69, 9.17) is 4.74 Å². The minimum Gasteiger partial charge on any atom is -0.445 e. The fraction of sp³-hybridized carbons (Fsp3) is 0.611. The highest BCUT2D eigenvalue weighted by molar-refractivity contribution is 5.67. The van der Waals surface area contributed by atoms with Crippen molar-refractivity contribution in [2.45, 2.75) is 50.7 Å². The zero-order chi connectivity index (χ0) is 15.4. The summed E-state index contributed by atoms with van der Waals surface area (Å²) in [6.07, 6.45) is 5.42. The van der Waals surface area contributed by atoms with Gasteiger partial charge < -0.3 is 14.7 Å². The molecule has 1 aromatic rings. The van der Waals surface area contributed by atoms with Gasteiger partial charge in [0.05, 0.1) is 5.60 Å². The first-order valence-corrected chi connectivity index (χ1v) is 8.35. The molecule has 1 aliphatic heterocycles. The summed E-state index contributed by atoms with van der Waals surface area (Å²) >= 11 is 0. The first-order valence-electron chi connectivity index (χ1n) is 8.35. The van der Waals surface area contributed by atoms with Gasteiger partial charge in [0.2, 0.25) is 0 Å². The Kier molecular flexibility index (Phi) is 4.67. The Labute approximate surface area is 132 Å². The van der Waals surface area contributed by atoms with Crippen molar-refractivity contribution in [1.29, 1.82) is 0 Å². The molecule has 1 amide bonds. The van der Waals surface area contributed by atoms with Gasteiger partial charge in [0.25, 0.3) is 0 Å². The topological polar surface area (TPSA) is 49.8 Å². The van der Waals surface area contributed by atoms with Gasteiger partial charge in [0.1, 0.15) is 6.61 Å². The normalized spacial score (nSPS) is 21.8. The standard InChI is InChI=1S/C18H25NO3/c20-17(22-14-15-6-2-1-3-7-15)19-12-4-10-18(21,11-5-13-19)16-8-9-16/h1-3,6-7,16,21H,4-5,8-14H2. The van der Waals surface area contributed by atoms with E-state index >= 15 is 0 Å². The SMILES string of the molecule is O=C(OCc1ccccc1)N1CCCC(O)(C2CC2)CCC1. The maximum absolute atomic E-state index is 12.2. The van der Waals surface area contributed by atoms with Crippen LogP contribution in [-0.4, -0.2) is 34.8 Å². The van der Waals surface area contributed by atoms with E-state index in [0.717, 1.165) is 31.2 Å². The van der Waals surface area contributed by atoms with Crippen LogP contribution in [0, 0.1) is 5.92 Å². The summed E-state index contributed by atoms with van der Waals surface area (Å²) in [5, 5.41) is 10.7. The van der Waals surface area contributed by atoms with Gasteiger partial charge in [-0.25, -0.2) is 4.79 Å². The Morgan fingerprint density at radius 2 is 1.82 bits per heavy atom. The molecule has 0 unspecified atom stereocenters. The Balaban J connectivity index is 1.47. The number of carbonyl (C=O) groups is 1. The molecule has 1 aliphatic carbocycles. The highest BCUT2D eigenvalue weighted by atomic mass is 16.6. The van der Waals surface area contributed by atoms with Gasteiger partial charge in [-0.05, 0) is 50.0 Å². The van der Waals surface area contributed by atoms with Crippen molar-refractivity contribution in [3.63, 3.8) is 0 Å². The number of ether oxygens (including phenoxy) is 1. The summed E-state index contributed by atoms with van der Waals surface area (Å²) in [5.74, 6) is 0.504. The average molecular weight is 303 g/mol. The molecule has 0 aromatic heterocycles. The Hall–Kier alpha value is -1.55. The van der Waals surface area contributed by atoms with Gasteiger partial charge in [-0.1, -0.05) is 30.3 Å². The first-order chi connectivity index (χ1) is 10.7. The van der Waals surface area contributed by atoms with Gasteiger partial charge in [0, 0.05) is 13.1 Å². The minimum atomic E-state index is -0.472. The maximum Gasteiger partial charge on any atom is 0.410 e. The third kappa shape index (κ3) is 3.80. The molecule has 0 atom stereocenters. The Morgan fingerprint density at radius 1 is 1.18 bits per heavy atom. The number of carbonyl (C=O) groups excluding carboxylic acids is 1. The van der Waals surface area contributed by atoms with Crippen LogP contribution in [0.5, 0.6) is 0 Å². The van der Waals surface area contributed by atoms with E-state index in [1.54, 1.807) is 4.90 Å². The quantitative estimate of drug-likeness (QED) is 0.931. The molecular formula is C18H25NO3. The van der Waals surface area contributed by atoms with E-state index in [0.29, 0.717) is 25.6 Å². The first kappa shape index (κ1) is 15.3. The van der Waals surface area contributed by atoms with Crippen molar-refractivity contribution in [3.8, 4) is 0 Å². The number of hydrogen-bond acceptors (Lipinski definition) is 3. The number of benzene rings is 1. The molecule has 1 heterocycles. The molecule has 1 aromatic carbocycles. The second kappa shape index (κ2) is 6.69. The van der Waals surface area contributed by atoms with Crippen LogP contribution in [0.25, 0.3) is 0 Å². The van der Waals surface area contributed by atoms with Gasteiger partial charge in [-0.2, -0.15) is 0 Å². The summed E-state index contributed by atoms with van der Waals surface area (Å²) in [5.41, 5.74) is 0.533. The fourth-order valence-electron chi connectivity index (χ4n) is 3.41. The van der Waals surface area contributed by atoms with E-state index in [-0.39, 0.29) is 6.09 Å². The molecule has 2 fully saturated rings. The highest BCUT2D eigenvalue weighted by Crippen LogP contribution is 2.45. The number of hydrogen-bond donors (Lipinski definition) is 1. The number of rotatable bonds is 3. The molecule has 3 rings (SSSR count). The van der Waals surface area contributed by atoms with E-state index in [1.807, 2.05) is 30.3 Å². The van der Waals surface area contributed by atoms with Crippen LogP contribution in [0.1, 0.15) is 44.1 Å². The van der Waals surface area contributed by atoms with Crippen molar-refractivity contribution in [2.75, 3.05) is 13.1 Å². The second-order valence-corrected chi connectivity index (χ2v) is 6.61. The molecule has 4 nitrogen and oxygen atoms in total. The summed E-state index contributed by atoms with van der Waals surface area (Å²) in [7, 11) is 0. The number of likely N-dealkylation sites (tertiary alicyclic amines) is 1. The minimum absolute atomic E-state index is 0.235. The fourth-order valence-corrected chi connectivity index (χ4v) is 3.41. The molecule has 0 spiro atoms. The predicted octanol–water partition coefficient (Wildman–Crippen LogP) is 3.34. The van der Waals surface area contributed by atoms with Crippen molar-refractivity contribution in [2.24, 2.45) is 5.92 Å². The zero-order valence-corrected chi connectivity index (χ0v) is 13.0. The molecule has 22 heavy (non-hydrogen) atoms. The predicted molar refractivity (Wildman–Crippen MR) is 84.3 cm³/mol. The van der Waals surface area contributed by atoms with Gasteiger partial charge in [0.15, 0.2) is 0 Å². The lowest BCUT2D eigenvalue weighted by Crippen LogP contribution is -2.40. The zero-order valence-electron chi connectivity index (χ0n) is 13.0. The lowest BCUT2D eigenvalue weighted by atomic mass is 9.86. The molecule has 2 aliphatic rings. The molecule has 4 heteroatoms. The van der Waals surface area contributed by atoms with Crippen LogP contribution in [0.2, 0.25) is 0 Å². The monoisotopic (exact) mass is 303 g/mol. The molecule has 1 saturated carbocycles. The number of nitrogens with zero attached hydrogens (tertiary/aromatic N) is 1. The smallest absolute Gasteiger partial charge is 0.410 e. The lowest BCUT2D eigenvalue weighted by Gasteiger charge is -2.33. The third-order valence-corrected chi connectivity index (χ3v) is 4.88. The molecule has 0 bridgehead atoms. The van der Waals surface area contributed by atoms with Crippen LogP contribution in [0.15, 0.2) is 30.3 Å². The molecule has 120 valence electrons. The second-order valence-electron chi connectivity index (χ2n) is 6.61. The van der Waals surface area contributed by atoms with E-state index in [1.165, 1.54) is 12.8 Å². The largest absolute Gasteiger partial charge is 0.445 e.